The fourth-order valence-corrected chi connectivity index (χ4v) is 1.70. The van der Waals surface area contributed by atoms with Gasteiger partial charge in [-0.3, -0.25) is 4.98 Å². The summed E-state index contributed by atoms with van der Waals surface area (Å²) in [4.78, 5) is 3.57. The highest BCUT2D eigenvalue weighted by molar-refractivity contribution is 7.98. The lowest BCUT2D eigenvalue weighted by atomic mass is 10.3. The molecule has 0 amide bonds. The maximum Gasteiger partial charge on any atom is 0.434 e. The van der Waals surface area contributed by atoms with Crippen molar-refractivity contribution in [2.75, 3.05) is 6.26 Å². The van der Waals surface area contributed by atoms with Crippen LogP contribution in [0.2, 0.25) is 5.02 Å². The van der Waals surface area contributed by atoms with E-state index in [-0.39, 0.29) is 5.02 Å². The van der Waals surface area contributed by atoms with Crippen molar-refractivity contribution >= 4 is 23.4 Å². The van der Waals surface area contributed by atoms with Gasteiger partial charge in [-0.25, -0.2) is 0 Å². The van der Waals surface area contributed by atoms with Crippen molar-refractivity contribution in [3.05, 3.63) is 23.0 Å². The SMILES string of the molecule is CC.CSc1ccnc(C(F)(F)F)c1Cl. The van der Waals surface area contributed by atoms with Crippen molar-refractivity contribution in [2.45, 2.75) is 24.9 Å². The zero-order valence-corrected chi connectivity index (χ0v) is 10.1. The molecule has 0 aliphatic heterocycles. The summed E-state index contributed by atoms with van der Waals surface area (Å²) in [6, 6.07) is 1.45. The first-order chi connectivity index (χ1) is 6.96. The van der Waals surface area contributed by atoms with Crippen LogP contribution in [-0.2, 0) is 6.18 Å². The summed E-state index contributed by atoms with van der Waals surface area (Å²) in [7, 11) is 0. The first-order valence-corrected chi connectivity index (χ1v) is 5.82. The molecule has 0 spiro atoms. The van der Waals surface area contributed by atoms with Crippen LogP contribution in [0.3, 0.4) is 0 Å². The van der Waals surface area contributed by atoms with Crippen molar-refractivity contribution in [2.24, 2.45) is 0 Å². The topological polar surface area (TPSA) is 12.9 Å². The molecule has 0 saturated heterocycles. The van der Waals surface area contributed by atoms with Crippen molar-refractivity contribution in [3.63, 3.8) is 0 Å². The average Bonchev–Trinajstić information content (AvgIpc) is 2.19. The summed E-state index contributed by atoms with van der Waals surface area (Å²) in [6.07, 6.45) is -1.73. The summed E-state index contributed by atoms with van der Waals surface area (Å²) in [6.45, 7) is 4.00. The number of thioether (sulfide) groups is 1. The third-order valence-electron chi connectivity index (χ3n) is 1.34. The van der Waals surface area contributed by atoms with Gasteiger partial charge >= 0.3 is 6.18 Å². The second-order valence-electron chi connectivity index (χ2n) is 2.17. The molecule has 1 nitrogen and oxygen atoms in total. The van der Waals surface area contributed by atoms with E-state index in [1.54, 1.807) is 6.26 Å². The number of alkyl halides is 3. The Morgan fingerprint density at radius 1 is 1.33 bits per heavy atom. The predicted octanol–water partition coefficient (Wildman–Crippen LogP) is 4.50. The summed E-state index contributed by atoms with van der Waals surface area (Å²) in [5, 5.41) is -0.331. The molecule has 0 aromatic carbocycles. The molecule has 1 aromatic heterocycles. The number of hydrogen-bond acceptors (Lipinski definition) is 2. The van der Waals surface area contributed by atoms with Crippen LogP contribution in [0.5, 0.6) is 0 Å². The van der Waals surface area contributed by atoms with E-state index in [1.165, 1.54) is 6.07 Å². The quantitative estimate of drug-likeness (QED) is 0.687. The molecule has 86 valence electrons. The zero-order chi connectivity index (χ0) is 12.1. The third-order valence-corrected chi connectivity index (χ3v) is 2.62. The highest BCUT2D eigenvalue weighted by Crippen LogP contribution is 2.36. The van der Waals surface area contributed by atoms with Gasteiger partial charge in [-0.15, -0.1) is 11.8 Å². The molecule has 0 saturated carbocycles. The molecule has 0 aliphatic rings. The van der Waals surface area contributed by atoms with Gasteiger partial charge in [0.2, 0.25) is 0 Å². The van der Waals surface area contributed by atoms with Gasteiger partial charge in [-0.2, -0.15) is 13.2 Å². The Labute approximate surface area is 96.0 Å². The van der Waals surface area contributed by atoms with Crippen LogP contribution >= 0.6 is 23.4 Å². The van der Waals surface area contributed by atoms with Gasteiger partial charge in [0.1, 0.15) is 0 Å². The monoisotopic (exact) mass is 257 g/mol. The van der Waals surface area contributed by atoms with E-state index in [0.717, 1.165) is 18.0 Å². The van der Waals surface area contributed by atoms with Crippen molar-refractivity contribution in [3.8, 4) is 0 Å². The van der Waals surface area contributed by atoms with E-state index in [4.69, 9.17) is 11.6 Å². The number of hydrogen-bond donors (Lipinski definition) is 0. The Balaban J connectivity index is 0.000000921. The van der Waals surface area contributed by atoms with Gasteiger partial charge in [0.15, 0.2) is 5.69 Å². The molecule has 0 N–H and O–H groups in total. The minimum Gasteiger partial charge on any atom is -0.250 e. The molecule has 0 fully saturated rings. The van der Waals surface area contributed by atoms with Crippen molar-refractivity contribution in [1.82, 2.24) is 4.98 Å². The smallest absolute Gasteiger partial charge is 0.250 e. The molecule has 0 bridgehead atoms. The van der Waals surface area contributed by atoms with E-state index < -0.39 is 11.9 Å². The van der Waals surface area contributed by atoms with Crippen LogP contribution < -0.4 is 0 Å². The minimum atomic E-state index is -4.48. The molecule has 0 aliphatic carbocycles. The van der Waals surface area contributed by atoms with Crippen LogP contribution in [0, 0.1) is 0 Å². The second kappa shape index (κ2) is 6.23. The van der Waals surface area contributed by atoms with Crippen molar-refractivity contribution in [1.29, 1.82) is 0 Å². The van der Waals surface area contributed by atoms with Gasteiger partial charge in [-0.05, 0) is 12.3 Å². The lowest BCUT2D eigenvalue weighted by Gasteiger charge is -2.09. The highest BCUT2D eigenvalue weighted by Gasteiger charge is 2.35. The Morgan fingerprint density at radius 3 is 2.27 bits per heavy atom. The molecule has 1 aromatic rings. The molecular formula is C9H11ClF3NS. The number of pyridine rings is 1. The molecule has 15 heavy (non-hydrogen) atoms. The van der Waals surface area contributed by atoms with Crippen LogP contribution in [0.1, 0.15) is 19.5 Å². The van der Waals surface area contributed by atoms with E-state index >= 15 is 0 Å². The van der Waals surface area contributed by atoms with Gasteiger partial charge in [0.25, 0.3) is 0 Å². The average molecular weight is 258 g/mol. The Bertz CT molecular complexity index is 315. The third kappa shape index (κ3) is 3.91. The molecule has 0 atom stereocenters. The van der Waals surface area contributed by atoms with E-state index in [9.17, 15) is 13.2 Å². The summed E-state index contributed by atoms with van der Waals surface area (Å²) < 4.78 is 36.6. The number of nitrogens with zero attached hydrogens (tertiary/aromatic N) is 1. The lowest BCUT2D eigenvalue weighted by molar-refractivity contribution is -0.141. The predicted molar refractivity (Wildman–Crippen MR) is 57.4 cm³/mol. The van der Waals surface area contributed by atoms with Gasteiger partial charge in [-0.1, -0.05) is 25.4 Å². The van der Waals surface area contributed by atoms with E-state index in [0.29, 0.717) is 4.90 Å². The maximum atomic E-state index is 12.2. The van der Waals surface area contributed by atoms with Gasteiger partial charge in [0.05, 0.1) is 5.02 Å². The van der Waals surface area contributed by atoms with Crippen molar-refractivity contribution < 1.29 is 13.2 Å². The maximum absolute atomic E-state index is 12.2. The molecule has 6 heteroatoms. The molecular weight excluding hydrogens is 247 g/mol. The van der Waals surface area contributed by atoms with E-state index in [2.05, 4.69) is 4.98 Å². The standard InChI is InChI=1S/C7H5ClF3NS.C2H6/c1-13-4-2-3-12-6(5(4)8)7(9,10)11;1-2/h2-3H,1H3;1-2H3. The number of rotatable bonds is 1. The van der Waals surface area contributed by atoms with Crippen LogP contribution in [0.25, 0.3) is 0 Å². The summed E-state index contributed by atoms with van der Waals surface area (Å²) in [5.41, 5.74) is -1.03. The first-order valence-electron chi connectivity index (χ1n) is 4.22. The second-order valence-corrected chi connectivity index (χ2v) is 3.40. The number of halogens is 4. The first kappa shape index (κ1) is 14.6. The normalized spacial score (nSPS) is 10.6. The summed E-state index contributed by atoms with van der Waals surface area (Å²) >= 11 is 6.64. The highest BCUT2D eigenvalue weighted by atomic mass is 35.5. The molecule has 0 unspecified atom stereocenters. The number of aromatic nitrogens is 1. The Hall–Kier alpha value is -0.420. The van der Waals surface area contributed by atoms with Crippen LogP contribution in [0.4, 0.5) is 13.2 Å². The Kier molecular flexibility index (Phi) is 6.05. The fraction of sp³-hybridized carbons (Fsp3) is 0.444. The molecule has 0 radical (unpaired) electrons. The zero-order valence-electron chi connectivity index (χ0n) is 8.52. The molecule has 1 rings (SSSR count). The fourth-order valence-electron chi connectivity index (χ4n) is 0.781. The van der Waals surface area contributed by atoms with Gasteiger partial charge in [0, 0.05) is 11.1 Å². The van der Waals surface area contributed by atoms with E-state index in [1.807, 2.05) is 13.8 Å². The summed E-state index contributed by atoms with van der Waals surface area (Å²) in [5.74, 6) is 0. The van der Waals surface area contributed by atoms with Crippen LogP contribution in [-0.4, -0.2) is 11.2 Å². The Morgan fingerprint density at radius 2 is 1.87 bits per heavy atom. The largest absolute Gasteiger partial charge is 0.434 e. The van der Waals surface area contributed by atoms with Gasteiger partial charge < -0.3 is 0 Å². The van der Waals surface area contributed by atoms with Crippen LogP contribution in [0.15, 0.2) is 17.2 Å². The molecule has 1 heterocycles. The minimum absolute atomic E-state index is 0.331. The lowest BCUT2D eigenvalue weighted by Crippen LogP contribution is -2.08.